The van der Waals surface area contributed by atoms with Crippen LogP contribution in [-0.4, -0.2) is 114 Å². The van der Waals surface area contributed by atoms with Crippen LogP contribution in [0.1, 0.15) is 109 Å². The number of aliphatic hydroxyl groups is 3. The largest absolute Gasteiger partial charge is 0.462 e. The van der Waals surface area contributed by atoms with E-state index < -0.39 is 102 Å². The van der Waals surface area contributed by atoms with Crippen LogP contribution in [-0.2, 0) is 42.7 Å². The van der Waals surface area contributed by atoms with Gasteiger partial charge in [-0.05, 0) is 65.7 Å². The molecule has 0 aromatic rings. The lowest BCUT2D eigenvalue weighted by atomic mass is 9.74. The average molecular weight is 731 g/mol. The maximum atomic E-state index is 14.1. The number of esters is 1. The lowest BCUT2D eigenvalue weighted by molar-refractivity contribution is -0.321. The minimum absolute atomic E-state index is 0.0894. The van der Waals surface area contributed by atoms with Crippen LogP contribution in [0.3, 0.4) is 0 Å². The van der Waals surface area contributed by atoms with Gasteiger partial charge in [0.05, 0.1) is 47.6 Å². The van der Waals surface area contributed by atoms with E-state index in [2.05, 4.69) is 13.8 Å². The zero-order chi connectivity index (χ0) is 38.7. The van der Waals surface area contributed by atoms with Crippen LogP contribution in [0.4, 0.5) is 0 Å². The molecule has 0 aliphatic carbocycles. The van der Waals surface area contributed by atoms with Crippen molar-refractivity contribution in [2.45, 2.75) is 181 Å². The van der Waals surface area contributed by atoms with Crippen molar-refractivity contribution in [3.8, 4) is 0 Å². The molecule has 12 nitrogen and oxygen atoms in total. The summed E-state index contributed by atoms with van der Waals surface area (Å²) in [5, 5.41) is 34.0. The second-order valence-corrected chi connectivity index (χ2v) is 16.7. The molecule has 3 N–H and O–H groups in total. The Hall–Kier alpha value is -1.22. The summed E-state index contributed by atoms with van der Waals surface area (Å²) in [7, 11) is 3.08. The van der Waals surface area contributed by atoms with Crippen LogP contribution in [0.25, 0.3) is 0 Å². The van der Waals surface area contributed by atoms with E-state index in [0.29, 0.717) is 12.8 Å². The van der Waals surface area contributed by atoms with E-state index in [0.717, 1.165) is 0 Å². The maximum Gasteiger partial charge on any atom is 0.311 e. The molecule has 18 unspecified atom stereocenters. The molecule has 51 heavy (non-hydrogen) atoms. The fraction of sp³-hybridized carbons (Fsp3) is 0.949. The first kappa shape index (κ1) is 44.2. The van der Waals surface area contributed by atoms with E-state index in [1.165, 1.54) is 7.11 Å². The Balaban J connectivity index is 2.20. The van der Waals surface area contributed by atoms with Crippen molar-refractivity contribution in [1.29, 1.82) is 0 Å². The molecular weight excluding hydrogens is 660 g/mol. The van der Waals surface area contributed by atoms with Gasteiger partial charge in [-0.25, -0.2) is 0 Å². The quantitative estimate of drug-likeness (QED) is 0.297. The molecule has 298 valence electrons. The van der Waals surface area contributed by atoms with Crippen LogP contribution in [0.5, 0.6) is 0 Å². The van der Waals surface area contributed by atoms with Crippen LogP contribution in [0, 0.1) is 41.4 Å². The zero-order valence-corrected chi connectivity index (χ0v) is 33.7. The number of rotatable bonds is 8. The molecule has 0 saturated carbocycles. The highest BCUT2D eigenvalue weighted by Crippen LogP contribution is 2.42. The Morgan fingerprint density at radius 2 is 1.43 bits per heavy atom. The van der Waals surface area contributed by atoms with E-state index in [4.69, 9.17) is 33.2 Å². The first-order valence-electron chi connectivity index (χ1n) is 19.2. The molecule has 0 aromatic heterocycles. The highest BCUT2D eigenvalue weighted by Gasteiger charge is 2.53. The molecule has 3 aliphatic heterocycles. The van der Waals surface area contributed by atoms with E-state index in [-0.39, 0.29) is 36.6 Å². The summed E-state index contributed by atoms with van der Waals surface area (Å²) in [6.45, 7) is 22.3. The summed E-state index contributed by atoms with van der Waals surface area (Å²) in [6, 6.07) is 0. The van der Waals surface area contributed by atoms with Crippen molar-refractivity contribution in [3.63, 3.8) is 0 Å². The van der Waals surface area contributed by atoms with E-state index in [1.54, 1.807) is 41.7 Å². The predicted octanol–water partition coefficient (Wildman–Crippen LogP) is 4.67. The van der Waals surface area contributed by atoms with Gasteiger partial charge in [0.15, 0.2) is 12.6 Å². The minimum atomic E-state index is -1.17. The highest BCUT2D eigenvalue weighted by molar-refractivity contribution is 5.83. The summed E-state index contributed by atoms with van der Waals surface area (Å²) in [5.41, 5.74) is -2.15. The smallest absolute Gasteiger partial charge is 0.311 e. The van der Waals surface area contributed by atoms with Crippen molar-refractivity contribution in [1.82, 2.24) is 0 Å². The van der Waals surface area contributed by atoms with Gasteiger partial charge in [-0.3, -0.25) is 9.59 Å². The van der Waals surface area contributed by atoms with E-state index in [9.17, 15) is 24.9 Å². The third kappa shape index (κ3) is 9.72. The number of hydrogen-bond acceptors (Lipinski definition) is 12. The van der Waals surface area contributed by atoms with Gasteiger partial charge in [-0.15, -0.1) is 0 Å². The monoisotopic (exact) mass is 730 g/mol. The summed E-state index contributed by atoms with van der Waals surface area (Å²) in [6.07, 6.45) is -6.63. The number of carbonyl (C=O) groups is 2. The van der Waals surface area contributed by atoms with Gasteiger partial charge >= 0.3 is 5.97 Å². The van der Waals surface area contributed by atoms with Gasteiger partial charge in [0.2, 0.25) is 0 Å². The Labute approximate surface area is 306 Å². The Kier molecular flexibility index (Phi) is 15.5. The molecule has 0 bridgehead atoms. The van der Waals surface area contributed by atoms with Crippen molar-refractivity contribution < 1.29 is 58.1 Å². The molecule has 0 amide bonds. The first-order chi connectivity index (χ1) is 23.7. The number of methoxy groups -OCH3 is 2. The lowest BCUT2D eigenvalue weighted by Crippen LogP contribution is -2.60. The van der Waals surface area contributed by atoms with Crippen molar-refractivity contribution in [3.05, 3.63) is 0 Å². The van der Waals surface area contributed by atoms with Gasteiger partial charge in [-0.1, -0.05) is 48.5 Å². The number of ketones is 1. The van der Waals surface area contributed by atoms with Crippen molar-refractivity contribution >= 4 is 11.8 Å². The number of cyclic esters (lactones) is 1. The van der Waals surface area contributed by atoms with Gasteiger partial charge in [0.1, 0.15) is 24.1 Å². The third-order valence-corrected chi connectivity index (χ3v) is 12.5. The normalized spacial score (nSPS) is 48.3. The van der Waals surface area contributed by atoms with E-state index >= 15 is 0 Å². The third-order valence-electron chi connectivity index (χ3n) is 12.5. The molecule has 3 aliphatic rings. The van der Waals surface area contributed by atoms with Crippen molar-refractivity contribution in [2.24, 2.45) is 41.4 Å². The van der Waals surface area contributed by atoms with E-state index in [1.807, 2.05) is 34.6 Å². The highest BCUT2D eigenvalue weighted by atomic mass is 16.7. The molecule has 3 heterocycles. The topological polar surface area (TPSA) is 159 Å². The van der Waals surface area contributed by atoms with Crippen LogP contribution in [0.2, 0.25) is 0 Å². The summed E-state index contributed by atoms with van der Waals surface area (Å²) in [4.78, 5) is 28.1. The first-order valence-corrected chi connectivity index (χ1v) is 19.2. The Bertz CT molecular complexity index is 1140. The molecular formula is C39H70O12. The number of ether oxygens (including phenoxy) is 7. The minimum Gasteiger partial charge on any atom is -0.462 e. The summed E-state index contributed by atoms with van der Waals surface area (Å²) in [5.74, 6) is -3.93. The molecule has 0 spiro atoms. The number of carbonyl (C=O) groups excluding carboxylic acids is 2. The molecule has 12 heteroatoms. The molecule has 3 fully saturated rings. The number of hydrogen-bond donors (Lipinski definition) is 3. The Morgan fingerprint density at radius 1 is 0.824 bits per heavy atom. The lowest BCUT2D eigenvalue weighted by Gasteiger charge is -2.49. The molecule has 0 aromatic carbocycles. The standard InChI is InChI=1S/C39H70O12/c1-15-28-22(6)31(41)23(7)30(40)20(4)17-39(12,46-14)35(51-37-32(42)27(19(2)3)16-21(5)47-37)24(8)33(25(9)36(44)49-28)50-29-18-38(11,45-13)34(43)26(10)48-29/h19-29,31-35,37,41-43H,15-18H2,1-14H3. The maximum absolute atomic E-state index is 14.1. The fourth-order valence-electron chi connectivity index (χ4n) is 8.75. The second-order valence-electron chi connectivity index (χ2n) is 16.7. The molecule has 18 atom stereocenters. The molecule has 3 rings (SSSR count). The predicted molar refractivity (Wildman–Crippen MR) is 190 cm³/mol. The molecule has 0 radical (unpaired) electrons. The van der Waals surface area contributed by atoms with Gasteiger partial charge in [0, 0.05) is 44.3 Å². The zero-order valence-electron chi connectivity index (χ0n) is 33.7. The molecule has 3 saturated heterocycles. The van der Waals surface area contributed by atoms with Gasteiger partial charge < -0.3 is 48.5 Å². The van der Waals surface area contributed by atoms with Gasteiger partial charge in [-0.2, -0.15) is 0 Å². The summed E-state index contributed by atoms with van der Waals surface area (Å²) < 4.78 is 44.2. The Morgan fingerprint density at radius 3 is 1.98 bits per heavy atom. The van der Waals surface area contributed by atoms with Crippen LogP contribution < -0.4 is 0 Å². The second kappa shape index (κ2) is 17.9. The van der Waals surface area contributed by atoms with Crippen LogP contribution >= 0.6 is 0 Å². The number of Topliss-reactive ketones (excluding diaryl/α,β-unsaturated/α-hetero) is 1. The number of aliphatic hydroxyl groups excluding tert-OH is 3. The van der Waals surface area contributed by atoms with Crippen LogP contribution in [0.15, 0.2) is 0 Å². The SMILES string of the molecule is CCC1OC(=O)C(C)C(OC2CC(C)(OC)C(O)C(C)O2)C(C)C(OC2OC(C)CC(C(C)C)C2O)C(C)(OC)CC(C)C(=O)C(C)C(O)C1C. The average Bonchev–Trinajstić information content (AvgIpc) is 3.09. The van der Waals surface area contributed by atoms with Crippen molar-refractivity contribution in [2.75, 3.05) is 14.2 Å². The summed E-state index contributed by atoms with van der Waals surface area (Å²) >= 11 is 0. The van der Waals surface area contributed by atoms with Gasteiger partial charge in [0.25, 0.3) is 0 Å². The fourth-order valence-corrected chi connectivity index (χ4v) is 8.75.